The summed E-state index contributed by atoms with van der Waals surface area (Å²) < 4.78 is 18.6. The Morgan fingerprint density at radius 1 is 1.21 bits per heavy atom. The first kappa shape index (κ1) is 23.4. The van der Waals surface area contributed by atoms with Crippen molar-refractivity contribution in [2.24, 2.45) is 10.9 Å². The number of nitrogens with one attached hydrogen (secondary N) is 3. The van der Waals surface area contributed by atoms with Crippen LogP contribution in [0.25, 0.3) is 11.3 Å². The topological polar surface area (TPSA) is 108 Å². The Bertz CT molecular complexity index is 1120. The van der Waals surface area contributed by atoms with E-state index >= 15 is 0 Å². The Hall–Kier alpha value is -3.79. The van der Waals surface area contributed by atoms with Crippen LogP contribution >= 0.6 is 0 Å². The second kappa shape index (κ2) is 10.9. The first-order valence-corrected chi connectivity index (χ1v) is 11.2. The Balaban J connectivity index is 1.44. The summed E-state index contributed by atoms with van der Waals surface area (Å²) in [5.41, 5.74) is 1.92. The number of ether oxygens (including phenoxy) is 1. The van der Waals surface area contributed by atoms with Crippen LogP contribution in [-0.2, 0) is 4.74 Å². The molecule has 1 aromatic carbocycles. The van der Waals surface area contributed by atoms with Gasteiger partial charge in [-0.05, 0) is 47.9 Å². The highest BCUT2D eigenvalue weighted by Gasteiger charge is 2.15. The van der Waals surface area contributed by atoms with E-state index in [2.05, 4.69) is 35.7 Å². The Morgan fingerprint density at radius 3 is 2.65 bits per heavy atom. The van der Waals surface area contributed by atoms with Crippen molar-refractivity contribution in [3.8, 4) is 11.3 Å². The first-order valence-electron chi connectivity index (χ1n) is 11.2. The number of benzene rings is 1. The molecule has 0 bridgehead atoms. The summed E-state index contributed by atoms with van der Waals surface area (Å²) in [7, 11) is 0. The van der Waals surface area contributed by atoms with Gasteiger partial charge in [0.15, 0.2) is 5.82 Å². The standard InChI is InChI=1S/C24H28FN7O2/c1-16(2)14-27-24(28-21-13-20(30-31-21)17-3-6-19(25)7-4-17)29-23(33)18-5-8-22(26-15-18)32-9-11-34-12-10-32/h3-8,13,15-16H,9-12,14H2,1-2H3,(H3,27,28,29,30,31,33). The van der Waals surface area contributed by atoms with Crippen LogP contribution in [0.2, 0.25) is 0 Å². The molecular weight excluding hydrogens is 437 g/mol. The van der Waals surface area contributed by atoms with E-state index in [4.69, 9.17) is 4.74 Å². The molecule has 1 saturated heterocycles. The number of carbonyl (C=O) groups is 1. The van der Waals surface area contributed by atoms with Crippen molar-refractivity contribution in [2.75, 3.05) is 43.1 Å². The van der Waals surface area contributed by atoms with Crippen molar-refractivity contribution < 1.29 is 13.9 Å². The van der Waals surface area contributed by atoms with Gasteiger partial charge >= 0.3 is 0 Å². The fourth-order valence-corrected chi connectivity index (χ4v) is 3.35. The summed E-state index contributed by atoms with van der Waals surface area (Å²) in [5, 5.41) is 13.0. The molecule has 0 atom stereocenters. The number of nitrogens with zero attached hydrogens (tertiary/aromatic N) is 4. The van der Waals surface area contributed by atoms with Crippen LogP contribution in [0, 0.1) is 11.7 Å². The summed E-state index contributed by atoms with van der Waals surface area (Å²) in [6.45, 7) is 7.49. The van der Waals surface area contributed by atoms with Crippen molar-refractivity contribution in [3.05, 3.63) is 60.0 Å². The Kier molecular flexibility index (Phi) is 7.48. The molecule has 0 unspecified atom stereocenters. The number of morpholine rings is 1. The highest BCUT2D eigenvalue weighted by molar-refractivity contribution is 6.09. The predicted octanol–water partition coefficient (Wildman–Crippen LogP) is 3.30. The van der Waals surface area contributed by atoms with Crippen LogP contribution in [0.5, 0.6) is 0 Å². The normalized spacial score (nSPS) is 14.4. The van der Waals surface area contributed by atoms with Crippen LogP contribution in [-0.4, -0.2) is 59.9 Å². The fourth-order valence-electron chi connectivity index (χ4n) is 3.35. The van der Waals surface area contributed by atoms with Crippen LogP contribution in [0.3, 0.4) is 0 Å². The number of rotatable bonds is 6. The van der Waals surface area contributed by atoms with Gasteiger partial charge in [-0.1, -0.05) is 13.8 Å². The molecule has 9 nitrogen and oxygen atoms in total. The largest absolute Gasteiger partial charge is 0.378 e. The van der Waals surface area contributed by atoms with Crippen molar-refractivity contribution in [1.29, 1.82) is 0 Å². The van der Waals surface area contributed by atoms with Gasteiger partial charge in [0, 0.05) is 31.9 Å². The highest BCUT2D eigenvalue weighted by atomic mass is 19.1. The highest BCUT2D eigenvalue weighted by Crippen LogP contribution is 2.20. The zero-order valence-electron chi connectivity index (χ0n) is 19.2. The van der Waals surface area contributed by atoms with Crippen molar-refractivity contribution in [2.45, 2.75) is 13.8 Å². The Morgan fingerprint density at radius 2 is 1.97 bits per heavy atom. The summed E-state index contributed by atoms with van der Waals surface area (Å²) in [6, 6.07) is 11.4. The van der Waals surface area contributed by atoms with E-state index in [1.165, 1.54) is 12.1 Å². The molecule has 1 amide bonds. The smallest absolute Gasteiger partial charge is 0.259 e. The predicted molar refractivity (Wildman–Crippen MR) is 129 cm³/mol. The van der Waals surface area contributed by atoms with Gasteiger partial charge in [-0.2, -0.15) is 5.10 Å². The number of halogens is 1. The third-order valence-electron chi connectivity index (χ3n) is 5.17. The molecule has 178 valence electrons. The van der Waals surface area contributed by atoms with Crippen molar-refractivity contribution in [1.82, 2.24) is 20.5 Å². The van der Waals surface area contributed by atoms with Crippen LogP contribution < -0.4 is 15.5 Å². The second-order valence-electron chi connectivity index (χ2n) is 8.34. The molecule has 3 heterocycles. The number of H-pyrrole nitrogens is 1. The van der Waals surface area contributed by atoms with Gasteiger partial charge < -0.3 is 15.0 Å². The van der Waals surface area contributed by atoms with Crippen LogP contribution in [0.4, 0.5) is 16.0 Å². The maximum atomic E-state index is 13.2. The number of aromatic nitrogens is 3. The number of aromatic amines is 1. The van der Waals surface area contributed by atoms with E-state index in [1.807, 2.05) is 19.9 Å². The molecule has 34 heavy (non-hydrogen) atoms. The lowest BCUT2D eigenvalue weighted by Gasteiger charge is -2.27. The molecular formula is C24H28FN7O2. The summed E-state index contributed by atoms with van der Waals surface area (Å²) in [5.74, 6) is 1.25. The molecule has 0 saturated carbocycles. The first-order chi connectivity index (χ1) is 16.5. The van der Waals surface area contributed by atoms with Crippen molar-refractivity contribution in [3.63, 3.8) is 0 Å². The lowest BCUT2D eigenvalue weighted by molar-refractivity contribution is 0.0976. The fraction of sp³-hybridized carbons (Fsp3) is 0.333. The second-order valence-corrected chi connectivity index (χ2v) is 8.34. The minimum Gasteiger partial charge on any atom is -0.378 e. The zero-order chi connectivity index (χ0) is 23.9. The minimum absolute atomic E-state index is 0.285. The van der Waals surface area contributed by atoms with Crippen LogP contribution in [0.15, 0.2) is 53.7 Å². The van der Waals surface area contributed by atoms with Gasteiger partial charge in [-0.25, -0.2) is 9.37 Å². The van der Waals surface area contributed by atoms with E-state index in [-0.39, 0.29) is 17.7 Å². The molecule has 10 heteroatoms. The van der Waals surface area contributed by atoms with E-state index < -0.39 is 0 Å². The van der Waals surface area contributed by atoms with Gasteiger partial charge in [-0.15, -0.1) is 0 Å². The average molecular weight is 466 g/mol. The number of carbonyl (C=O) groups excluding carboxylic acids is 1. The van der Waals surface area contributed by atoms with Crippen molar-refractivity contribution >= 4 is 23.5 Å². The maximum absolute atomic E-state index is 13.2. The number of anilines is 2. The van der Waals surface area contributed by atoms with Gasteiger partial charge in [-0.3, -0.25) is 20.2 Å². The van der Waals surface area contributed by atoms with Gasteiger partial charge in [0.25, 0.3) is 5.91 Å². The van der Waals surface area contributed by atoms with E-state index in [0.717, 1.165) is 24.5 Å². The SMILES string of the molecule is CC(C)CN=C(NC(=O)c1ccc(N2CCOCC2)nc1)Nc1cc(-c2ccc(F)cc2)[nH]n1. The molecule has 3 N–H and O–H groups in total. The molecule has 0 spiro atoms. The number of hydrogen-bond acceptors (Lipinski definition) is 6. The lowest BCUT2D eigenvalue weighted by Crippen LogP contribution is -2.37. The Labute approximate surface area is 197 Å². The third-order valence-corrected chi connectivity index (χ3v) is 5.17. The monoisotopic (exact) mass is 465 g/mol. The van der Waals surface area contributed by atoms with E-state index in [9.17, 15) is 9.18 Å². The summed E-state index contributed by atoms with van der Waals surface area (Å²) in [6.07, 6.45) is 1.56. The molecule has 0 radical (unpaired) electrons. The minimum atomic E-state index is -0.328. The summed E-state index contributed by atoms with van der Waals surface area (Å²) in [4.78, 5) is 23.9. The average Bonchev–Trinajstić information content (AvgIpc) is 3.32. The van der Waals surface area contributed by atoms with E-state index in [1.54, 1.807) is 30.5 Å². The molecule has 4 rings (SSSR count). The third kappa shape index (κ3) is 6.16. The number of amides is 1. The van der Waals surface area contributed by atoms with Gasteiger partial charge in [0.2, 0.25) is 5.96 Å². The zero-order valence-corrected chi connectivity index (χ0v) is 19.2. The number of pyridine rings is 1. The summed E-state index contributed by atoms with van der Waals surface area (Å²) >= 11 is 0. The van der Waals surface area contributed by atoms with Gasteiger partial charge in [0.1, 0.15) is 11.6 Å². The molecule has 3 aromatic rings. The maximum Gasteiger partial charge on any atom is 0.259 e. The quantitative estimate of drug-likeness (QED) is 0.381. The number of aliphatic imine (C=N–C) groups is 1. The molecule has 1 fully saturated rings. The number of guanidine groups is 1. The molecule has 1 aliphatic heterocycles. The van der Waals surface area contributed by atoms with Gasteiger partial charge in [0.05, 0.1) is 24.5 Å². The number of hydrogen-bond donors (Lipinski definition) is 3. The molecule has 2 aromatic heterocycles. The molecule has 0 aliphatic carbocycles. The lowest BCUT2D eigenvalue weighted by atomic mass is 10.1. The molecule has 1 aliphatic rings. The van der Waals surface area contributed by atoms with Crippen LogP contribution in [0.1, 0.15) is 24.2 Å². The van der Waals surface area contributed by atoms with E-state index in [0.29, 0.717) is 42.8 Å².